The Bertz CT molecular complexity index is 1350. The molecular formula is C28H27F2N3O3S. The minimum absolute atomic E-state index is 0.0583. The number of para-hydroxylation sites is 1. The molecule has 1 fully saturated rings. The molecule has 2 aromatic carbocycles. The van der Waals surface area contributed by atoms with Gasteiger partial charge in [0.15, 0.2) is 11.6 Å². The van der Waals surface area contributed by atoms with Crippen molar-refractivity contribution in [2.45, 2.75) is 38.8 Å². The standard InChI is InChI=1S/C28H27F2N3O3S/c1-2-24-22(18-32(17-21-10-6-14-35-21)27(34)26-11-7-15-37-26)28(33(31-24)20-8-4-3-5-9-20)36-25-13-12-19(29)16-23(25)30/h3-5,7-9,11-13,15-16,21H,2,6,10,14,17-18H2,1H3/t21-/m1/s1. The van der Waals surface area contributed by atoms with Crippen molar-refractivity contribution in [2.24, 2.45) is 0 Å². The number of hydrogen-bond donors (Lipinski definition) is 0. The first kappa shape index (κ1) is 25.1. The van der Waals surface area contributed by atoms with Crippen molar-refractivity contribution in [1.82, 2.24) is 14.7 Å². The van der Waals surface area contributed by atoms with Gasteiger partial charge in [-0.2, -0.15) is 5.10 Å². The maximum Gasteiger partial charge on any atom is 0.264 e. The SMILES string of the molecule is CCc1nn(-c2ccccc2)c(Oc2ccc(F)cc2F)c1CN(C[C@H]1CCCO1)C(=O)c1cccs1. The van der Waals surface area contributed by atoms with Crippen LogP contribution in [-0.2, 0) is 17.7 Å². The van der Waals surface area contributed by atoms with Gasteiger partial charge in [0.25, 0.3) is 5.91 Å². The molecule has 5 rings (SSSR count). The van der Waals surface area contributed by atoms with E-state index in [1.54, 1.807) is 15.6 Å². The molecule has 1 saturated heterocycles. The lowest BCUT2D eigenvalue weighted by atomic mass is 10.1. The number of benzene rings is 2. The third-order valence-electron chi connectivity index (χ3n) is 6.27. The van der Waals surface area contributed by atoms with Crippen molar-refractivity contribution in [1.29, 1.82) is 0 Å². The Balaban J connectivity index is 1.58. The normalized spacial score (nSPS) is 15.2. The van der Waals surface area contributed by atoms with Crippen LogP contribution < -0.4 is 4.74 Å². The molecule has 1 amide bonds. The van der Waals surface area contributed by atoms with Crippen molar-refractivity contribution >= 4 is 17.2 Å². The van der Waals surface area contributed by atoms with Crippen LogP contribution >= 0.6 is 11.3 Å². The predicted molar refractivity (Wildman–Crippen MR) is 137 cm³/mol. The summed E-state index contributed by atoms with van der Waals surface area (Å²) in [6.45, 7) is 3.26. The number of ether oxygens (including phenoxy) is 2. The predicted octanol–water partition coefficient (Wildman–Crippen LogP) is 6.39. The van der Waals surface area contributed by atoms with Gasteiger partial charge >= 0.3 is 0 Å². The molecule has 0 radical (unpaired) electrons. The highest BCUT2D eigenvalue weighted by Crippen LogP contribution is 2.34. The summed E-state index contributed by atoms with van der Waals surface area (Å²) in [6.07, 6.45) is 2.34. The van der Waals surface area contributed by atoms with Gasteiger partial charge in [0, 0.05) is 19.2 Å². The molecular weight excluding hydrogens is 496 g/mol. The van der Waals surface area contributed by atoms with Crippen LogP contribution in [0.3, 0.4) is 0 Å². The van der Waals surface area contributed by atoms with Gasteiger partial charge in [0.1, 0.15) is 5.82 Å². The number of nitrogens with zero attached hydrogens (tertiary/aromatic N) is 3. The summed E-state index contributed by atoms with van der Waals surface area (Å²) in [5.41, 5.74) is 2.10. The monoisotopic (exact) mass is 523 g/mol. The average Bonchev–Trinajstić information content (AvgIpc) is 3.68. The quantitative estimate of drug-likeness (QED) is 0.255. The number of thiophene rings is 1. The number of aryl methyl sites for hydroxylation is 1. The molecule has 0 N–H and O–H groups in total. The molecule has 0 bridgehead atoms. The van der Waals surface area contributed by atoms with Gasteiger partial charge in [-0.15, -0.1) is 11.3 Å². The highest BCUT2D eigenvalue weighted by Gasteiger charge is 2.29. The Morgan fingerprint density at radius 1 is 1.19 bits per heavy atom. The van der Waals surface area contributed by atoms with Gasteiger partial charge in [-0.1, -0.05) is 31.2 Å². The van der Waals surface area contributed by atoms with E-state index in [0.717, 1.165) is 36.4 Å². The Kier molecular flexibility index (Phi) is 7.62. The van der Waals surface area contributed by atoms with E-state index in [2.05, 4.69) is 0 Å². The number of hydrogen-bond acceptors (Lipinski definition) is 5. The second-order valence-electron chi connectivity index (χ2n) is 8.81. The Hall–Kier alpha value is -3.56. The molecule has 0 spiro atoms. The Morgan fingerprint density at radius 3 is 2.70 bits per heavy atom. The molecule has 4 aromatic rings. The first-order valence-electron chi connectivity index (χ1n) is 12.3. The van der Waals surface area contributed by atoms with E-state index in [9.17, 15) is 13.6 Å². The van der Waals surface area contributed by atoms with Crippen molar-refractivity contribution < 1.29 is 23.0 Å². The van der Waals surface area contributed by atoms with Gasteiger partial charge in [-0.3, -0.25) is 4.79 Å². The smallest absolute Gasteiger partial charge is 0.264 e. The lowest BCUT2D eigenvalue weighted by molar-refractivity contribution is 0.0509. The summed E-state index contributed by atoms with van der Waals surface area (Å²) in [6, 6.07) is 16.2. The second-order valence-corrected chi connectivity index (χ2v) is 9.75. The van der Waals surface area contributed by atoms with Crippen LogP contribution in [0.1, 0.15) is 40.7 Å². The highest BCUT2D eigenvalue weighted by molar-refractivity contribution is 7.12. The molecule has 0 saturated carbocycles. The van der Waals surface area contributed by atoms with E-state index in [4.69, 9.17) is 14.6 Å². The Morgan fingerprint density at radius 2 is 2.03 bits per heavy atom. The van der Waals surface area contributed by atoms with Gasteiger partial charge in [0.2, 0.25) is 5.88 Å². The maximum atomic E-state index is 14.7. The van der Waals surface area contributed by atoms with Gasteiger partial charge in [0.05, 0.1) is 34.5 Å². The van der Waals surface area contributed by atoms with Crippen LogP contribution in [0, 0.1) is 11.6 Å². The first-order valence-corrected chi connectivity index (χ1v) is 13.1. The summed E-state index contributed by atoms with van der Waals surface area (Å²) in [4.78, 5) is 15.9. The van der Waals surface area contributed by atoms with Crippen molar-refractivity contribution in [2.75, 3.05) is 13.2 Å². The van der Waals surface area contributed by atoms with E-state index >= 15 is 0 Å². The molecule has 9 heteroatoms. The van der Waals surface area contributed by atoms with Crippen molar-refractivity contribution in [3.05, 3.63) is 93.8 Å². The van der Waals surface area contributed by atoms with Crippen molar-refractivity contribution in [3.63, 3.8) is 0 Å². The van der Waals surface area contributed by atoms with Gasteiger partial charge in [-0.25, -0.2) is 13.5 Å². The number of carbonyl (C=O) groups is 1. The molecule has 37 heavy (non-hydrogen) atoms. The number of halogens is 2. The highest BCUT2D eigenvalue weighted by atomic mass is 32.1. The van der Waals surface area contributed by atoms with Crippen LogP contribution in [-0.4, -0.2) is 39.8 Å². The fraction of sp³-hybridized carbons (Fsp3) is 0.286. The third-order valence-corrected chi connectivity index (χ3v) is 7.13. The van der Waals surface area contributed by atoms with Crippen molar-refractivity contribution in [3.8, 4) is 17.3 Å². The summed E-state index contributed by atoms with van der Waals surface area (Å²) in [5.74, 6) is -1.47. The maximum absolute atomic E-state index is 14.7. The average molecular weight is 524 g/mol. The van der Waals surface area contributed by atoms with Gasteiger partial charge < -0.3 is 14.4 Å². The minimum atomic E-state index is -0.823. The van der Waals surface area contributed by atoms with Crippen LogP contribution in [0.2, 0.25) is 0 Å². The topological polar surface area (TPSA) is 56.6 Å². The van der Waals surface area contributed by atoms with E-state index in [-0.39, 0.29) is 30.2 Å². The fourth-order valence-electron chi connectivity index (χ4n) is 4.43. The first-order chi connectivity index (χ1) is 18.0. The summed E-state index contributed by atoms with van der Waals surface area (Å²) in [5, 5.41) is 6.65. The lowest BCUT2D eigenvalue weighted by Crippen LogP contribution is -2.36. The van der Waals surface area contributed by atoms with Gasteiger partial charge in [-0.05, 0) is 55.0 Å². The molecule has 1 aliphatic rings. The van der Waals surface area contributed by atoms with Crippen LogP contribution in [0.5, 0.6) is 11.6 Å². The molecule has 0 unspecified atom stereocenters. The minimum Gasteiger partial charge on any atom is -0.435 e. The van der Waals surface area contributed by atoms with E-state index in [1.165, 1.54) is 17.4 Å². The van der Waals surface area contributed by atoms with Crippen LogP contribution in [0.4, 0.5) is 8.78 Å². The zero-order valence-electron chi connectivity index (χ0n) is 20.4. The van der Waals surface area contributed by atoms with E-state index in [1.807, 2.05) is 48.7 Å². The fourth-order valence-corrected chi connectivity index (χ4v) is 5.12. The molecule has 1 aliphatic heterocycles. The molecule has 192 valence electrons. The number of amides is 1. The number of rotatable bonds is 9. The zero-order chi connectivity index (χ0) is 25.8. The molecule has 0 aliphatic carbocycles. The number of aromatic nitrogens is 2. The third kappa shape index (κ3) is 5.57. The number of carbonyl (C=O) groups excluding carboxylic acids is 1. The van der Waals surface area contributed by atoms with Crippen LogP contribution in [0.15, 0.2) is 66.0 Å². The summed E-state index contributed by atoms with van der Waals surface area (Å²) in [7, 11) is 0. The molecule has 2 aromatic heterocycles. The second kappa shape index (κ2) is 11.2. The largest absolute Gasteiger partial charge is 0.435 e. The molecule has 3 heterocycles. The van der Waals surface area contributed by atoms with E-state index < -0.39 is 11.6 Å². The molecule has 1 atom stereocenters. The molecule has 6 nitrogen and oxygen atoms in total. The van der Waals surface area contributed by atoms with Crippen LogP contribution in [0.25, 0.3) is 5.69 Å². The lowest BCUT2D eigenvalue weighted by Gasteiger charge is -2.25. The summed E-state index contributed by atoms with van der Waals surface area (Å²) < 4.78 is 41.8. The van der Waals surface area contributed by atoms with E-state index in [0.29, 0.717) is 30.0 Å². The summed E-state index contributed by atoms with van der Waals surface area (Å²) >= 11 is 1.38. The Labute approximate surface area is 218 Å². The zero-order valence-corrected chi connectivity index (χ0v) is 21.2.